The van der Waals surface area contributed by atoms with Gasteiger partial charge in [-0.1, -0.05) is 30.3 Å². The molecule has 0 bridgehead atoms. The first-order chi connectivity index (χ1) is 9.28. The minimum Gasteiger partial charge on any atom is -0.211 e. The maximum atomic E-state index is 10.5. The van der Waals surface area contributed by atoms with Crippen molar-refractivity contribution in [3.05, 3.63) is 35.9 Å². The summed E-state index contributed by atoms with van der Waals surface area (Å²) in [6.45, 7) is 0. The third kappa shape index (κ3) is 3.47. The van der Waals surface area contributed by atoms with Gasteiger partial charge in [-0.2, -0.15) is 9.98 Å². The van der Waals surface area contributed by atoms with Gasteiger partial charge in [-0.25, -0.2) is 9.59 Å². The van der Waals surface area contributed by atoms with E-state index in [9.17, 15) is 9.59 Å². The quantitative estimate of drug-likeness (QED) is 0.614. The summed E-state index contributed by atoms with van der Waals surface area (Å²) in [6.07, 6.45) is 7.25. The molecule has 0 aromatic heterocycles. The number of benzene rings is 1. The first-order valence-electron chi connectivity index (χ1n) is 6.50. The van der Waals surface area contributed by atoms with Crippen LogP contribution in [0.1, 0.15) is 31.2 Å². The third-order valence-electron chi connectivity index (χ3n) is 3.68. The molecule has 1 unspecified atom stereocenters. The van der Waals surface area contributed by atoms with Crippen LogP contribution in [0, 0.1) is 5.92 Å². The maximum Gasteiger partial charge on any atom is 0.237 e. The highest BCUT2D eigenvalue weighted by Crippen LogP contribution is 2.37. The molecule has 1 aromatic carbocycles. The molecule has 19 heavy (non-hydrogen) atoms. The average molecular weight is 256 g/mol. The number of aliphatic imine (C=N–C) groups is 2. The van der Waals surface area contributed by atoms with Crippen molar-refractivity contribution in [3.8, 4) is 0 Å². The zero-order valence-corrected chi connectivity index (χ0v) is 10.7. The lowest BCUT2D eigenvalue weighted by atomic mass is 9.79. The largest absolute Gasteiger partial charge is 0.237 e. The van der Waals surface area contributed by atoms with E-state index < -0.39 is 5.66 Å². The number of isocyanates is 2. The van der Waals surface area contributed by atoms with Crippen LogP contribution in [0.5, 0.6) is 0 Å². The van der Waals surface area contributed by atoms with Crippen LogP contribution in [0.2, 0.25) is 0 Å². The SMILES string of the molecule is O=C=NC1(N=C=O)CCCC(Cc2ccccc2)C1. The van der Waals surface area contributed by atoms with Gasteiger partial charge in [0.25, 0.3) is 0 Å². The van der Waals surface area contributed by atoms with Crippen molar-refractivity contribution in [1.82, 2.24) is 0 Å². The minimum absolute atomic E-state index is 0.380. The third-order valence-corrected chi connectivity index (χ3v) is 3.68. The second kappa shape index (κ2) is 6.24. The van der Waals surface area contributed by atoms with Gasteiger partial charge in [-0.15, -0.1) is 0 Å². The van der Waals surface area contributed by atoms with Crippen molar-refractivity contribution >= 4 is 12.2 Å². The predicted octanol–water partition coefficient (Wildman–Crippen LogP) is 2.79. The van der Waals surface area contributed by atoms with Crippen LogP contribution in [0.15, 0.2) is 40.3 Å². The molecular formula is C15H16N2O2. The predicted molar refractivity (Wildman–Crippen MR) is 71.1 cm³/mol. The van der Waals surface area contributed by atoms with Crippen LogP contribution in [-0.2, 0) is 16.0 Å². The Hall–Kier alpha value is -2.02. The van der Waals surface area contributed by atoms with E-state index in [2.05, 4.69) is 22.1 Å². The number of rotatable bonds is 4. The molecule has 0 amide bonds. The number of hydrogen-bond acceptors (Lipinski definition) is 4. The van der Waals surface area contributed by atoms with E-state index in [0.29, 0.717) is 18.8 Å². The van der Waals surface area contributed by atoms with E-state index in [-0.39, 0.29) is 0 Å². The smallest absolute Gasteiger partial charge is 0.211 e. The van der Waals surface area contributed by atoms with Gasteiger partial charge in [-0.3, -0.25) is 0 Å². The lowest BCUT2D eigenvalue weighted by molar-refractivity contribution is 0.232. The molecule has 0 radical (unpaired) electrons. The van der Waals surface area contributed by atoms with Crippen LogP contribution in [0.3, 0.4) is 0 Å². The molecule has 1 atom stereocenters. The Labute approximate surface area is 112 Å². The number of carbonyl (C=O) groups excluding carboxylic acids is 2. The molecule has 0 spiro atoms. The van der Waals surface area contributed by atoms with Crippen LogP contribution in [0.4, 0.5) is 0 Å². The summed E-state index contributed by atoms with van der Waals surface area (Å²) in [5.74, 6) is 0.380. The lowest BCUT2D eigenvalue weighted by Gasteiger charge is -2.32. The van der Waals surface area contributed by atoms with Crippen LogP contribution in [0.25, 0.3) is 0 Å². The molecule has 1 aliphatic carbocycles. The molecule has 2 rings (SSSR count). The molecule has 1 aliphatic rings. The molecule has 4 heteroatoms. The standard InChI is InChI=1S/C15H16N2O2/c18-11-16-15(17-12-19)8-4-7-14(10-15)9-13-5-2-1-3-6-13/h1-3,5-6,14H,4,7-10H2. The van der Waals surface area contributed by atoms with Gasteiger partial charge in [0.15, 0.2) is 5.66 Å². The zero-order chi connectivity index (χ0) is 13.6. The van der Waals surface area contributed by atoms with E-state index in [4.69, 9.17) is 0 Å². The normalized spacial score (nSPS) is 26.0. The van der Waals surface area contributed by atoms with Crippen LogP contribution < -0.4 is 0 Å². The second-order valence-corrected chi connectivity index (χ2v) is 5.04. The number of nitrogens with zero attached hydrogens (tertiary/aromatic N) is 2. The van der Waals surface area contributed by atoms with E-state index >= 15 is 0 Å². The van der Waals surface area contributed by atoms with E-state index in [1.54, 1.807) is 12.2 Å². The summed E-state index contributed by atoms with van der Waals surface area (Å²) >= 11 is 0. The van der Waals surface area contributed by atoms with Gasteiger partial charge in [-0.05, 0) is 43.6 Å². The first-order valence-corrected chi connectivity index (χ1v) is 6.50. The Kier molecular flexibility index (Phi) is 4.40. The molecule has 1 fully saturated rings. The fraction of sp³-hybridized carbons (Fsp3) is 0.467. The second-order valence-electron chi connectivity index (χ2n) is 5.04. The van der Waals surface area contributed by atoms with E-state index in [0.717, 1.165) is 19.3 Å². The molecule has 1 saturated carbocycles. The molecular weight excluding hydrogens is 240 g/mol. The van der Waals surface area contributed by atoms with E-state index in [1.165, 1.54) is 5.56 Å². The Morgan fingerprint density at radius 3 is 2.47 bits per heavy atom. The maximum absolute atomic E-state index is 10.5. The molecule has 0 aliphatic heterocycles. The lowest BCUT2D eigenvalue weighted by Crippen LogP contribution is -2.32. The highest BCUT2D eigenvalue weighted by Gasteiger charge is 2.36. The van der Waals surface area contributed by atoms with Gasteiger partial charge in [0.1, 0.15) is 0 Å². The molecule has 4 nitrogen and oxygen atoms in total. The summed E-state index contributed by atoms with van der Waals surface area (Å²) in [6, 6.07) is 10.2. The highest BCUT2D eigenvalue weighted by molar-refractivity contribution is 5.39. The summed E-state index contributed by atoms with van der Waals surface area (Å²) in [7, 11) is 0. The topological polar surface area (TPSA) is 58.9 Å². The fourth-order valence-electron chi connectivity index (χ4n) is 2.86. The van der Waals surface area contributed by atoms with Crippen molar-refractivity contribution in [3.63, 3.8) is 0 Å². The Morgan fingerprint density at radius 2 is 1.84 bits per heavy atom. The van der Waals surface area contributed by atoms with Crippen molar-refractivity contribution in [2.24, 2.45) is 15.9 Å². The van der Waals surface area contributed by atoms with Crippen LogP contribution in [-0.4, -0.2) is 17.8 Å². The van der Waals surface area contributed by atoms with Gasteiger partial charge in [0.2, 0.25) is 12.2 Å². The van der Waals surface area contributed by atoms with E-state index in [1.807, 2.05) is 18.2 Å². The highest BCUT2D eigenvalue weighted by atomic mass is 16.1. The summed E-state index contributed by atoms with van der Waals surface area (Å²) in [5, 5.41) is 0. The van der Waals surface area contributed by atoms with Crippen molar-refractivity contribution in [1.29, 1.82) is 0 Å². The van der Waals surface area contributed by atoms with Crippen molar-refractivity contribution in [2.45, 2.75) is 37.8 Å². The van der Waals surface area contributed by atoms with Crippen LogP contribution >= 0.6 is 0 Å². The zero-order valence-electron chi connectivity index (χ0n) is 10.7. The molecule has 1 aromatic rings. The number of hydrogen-bond donors (Lipinski definition) is 0. The summed E-state index contributed by atoms with van der Waals surface area (Å²) < 4.78 is 0. The Morgan fingerprint density at radius 1 is 1.16 bits per heavy atom. The molecule has 0 saturated heterocycles. The molecule has 98 valence electrons. The monoisotopic (exact) mass is 256 g/mol. The molecule has 0 heterocycles. The molecule has 0 N–H and O–H groups in total. The average Bonchev–Trinajstić information content (AvgIpc) is 2.41. The summed E-state index contributed by atoms with van der Waals surface area (Å²) in [4.78, 5) is 28.6. The van der Waals surface area contributed by atoms with Gasteiger partial charge in [0, 0.05) is 0 Å². The van der Waals surface area contributed by atoms with Gasteiger partial charge < -0.3 is 0 Å². The minimum atomic E-state index is -0.915. The first kappa shape index (κ1) is 13.4. The van der Waals surface area contributed by atoms with Crippen molar-refractivity contribution < 1.29 is 9.59 Å². The van der Waals surface area contributed by atoms with Gasteiger partial charge >= 0.3 is 0 Å². The Balaban J connectivity index is 2.12. The fourth-order valence-corrected chi connectivity index (χ4v) is 2.86. The Bertz CT molecular complexity index is 496. The van der Waals surface area contributed by atoms with Gasteiger partial charge in [0.05, 0.1) is 0 Å². The summed E-state index contributed by atoms with van der Waals surface area (Å²) in [5.41, 5.74) is 0.342. The van der Waals surface area contributed by atoms with Crippen molar-refractivity contribution in [2.75, 3.05) is 0 Å².